The fourth-order valence-electron chi connectivity index (χ4n) is 3.05. The third-order valence-electron chi connectivity index (χ3n) is 4.59. The Morgan fingerprint density at radius 1 is 0.679 bits per heavy atom. The summed E-state index contributed by atoms with van der Waals surface area (Å²) in [6, 6.07) is 0. The Balaban J connectivity index is 0. The largest absolute Gasteiger partial charge is 0.481 e. The number of carbonyl (C=O) groups excluding carboxylic acids is 1. The number of hydrogen-bond acceptors (Lipinski definition) is 4. The van der Waals surface area contributed by atoms with Crippen LogP contribution < -0.4 is 0 Å². The van der Waals surface area contributed by atoms with Gasteiger partial charge in [-0.2, -0.15) is 0 Å². The average Bonchev–Trinajstić information content (AvgIpc) is 2.64. The summed E-state index contributed by atoms with van der Waals surface area (Å²) in [7, 11) is 0. The number of rotatable bonds is 18. The molecule has 0 aromatic carbocycles. The van der Waals surface area contributed by atoms with Crippen molar-refractivity contribution in [3.05, 3.63) is 0 Å². The van der Waals surface area contributed by atoms with E-state index in [9.17, 15) is 4.79 Å². The van der Waals surface area contributed by atoms with Crippen molar-refractivity contribution in [2.24, 2.45) is 0 Å². The van der Waals surface area contributed by atoms with Gasteiger partial charge in [-0.05, 0) is 6.42 Å². The molecule has 0 saturated carbocycles. The molecule has 0 heterocycles. The average molecular weight is 404 g/mol. The summed E-state index contributed by atoms with van der Waals surface area (Å²) in [6.45, 7) is 3.93. The standard InChI is InChI=1S/C20H41NO3.C2H4O2/c1-2-3-4-5-6-7-8-9-10-11-12-13-14-15-20(24)21(16-18-22)17-19-23;1-2(3)4/h22-23H,2-19H2,1H3;1H3,(H,3,4). The molecule has 0 aliphatic rings. The quantitative estimate of drug-likeness (QED) is 0.295. The van der Waals surface area contributed by atoms with Crippen LogP contribution in [0.25, 0.3) is 0 Å². The molecule has 1 amide bonds. The highest BCUT2D eigenvalue weighted by Gasteiger charge is 2.11. The van der Waals surface area contributed by atoms with Crippen LogP contribution in [0.4, 0.5) is 0 Å². The first kappa shape index (κ1) is 29.1. The molecule has 0 aromatic rings. The van der Waals surface area contributed by atoms with Crippen molar-refractivity contribution in [3.63, 3.8) is 0 Å². The Hall–Kier alpha value is -1.14. The molecule has 6 nitrogen and oxygen atoms in total. The van der Waals surface area contributed by atoms with Crippen LogP contribution in [0.2, 0.25) is 0 Å². The summed E-state index contributed by atoms with van der Waals surface area (Å²) in [5, 5.41) is 25.3. The number of hydrogen-bond donors (Lipinski definition) is 3. The highest BCUT2D eigenvalue weighted by molar-refractivity contribution is 5.76. The molecule has 0 rings (SSSR count). The van der Waals surface area contributed by atoms with Gasteiger partial charge in [-0.3, -0.25) is 9.59 Å². The lowest BCUT2D eigenvalue weighted by Gasteiger charge is -2.20. The molecule has 3 N–H and O–H groups in total. The zero-order valence-corrected chi connectivity index (χ0v) is 18.3. The van der Waals surface area contributed by atoms with Gasteiger partial charge in [-0.1, -0.05) is 84.0 Å². The number of nitrogens with zero attached hydrogens (tertiary/aromatic N) is 1. The lowest BCUT2D eigenvalue weighted by molar-refractivity contribution is -0.134. The summed E-state index contributed by atoms with van der Waals surface area (Å²) in [5.41, 5.74) is 0. The molecule has 0 aromatic heterocycles. The summed E-state index contributed by atoms with van der Waals surface area (Å²) in [5.74, 6) is -0.777. The first-order valence-corrected chi connectivity index (χ1v) is 11.2. The molecule has 6 heteroatoms. The second-order valence-electron chi connectivity index (χ2n) is 7.34. The first-order chi connectivity index (χ1) is 13.5. The fourth-order valence-corrected chi connectivity index (χ4v) is 3.05. The maximum atomic E-state index is 11.9. The topological polar surface area (TPSA) is 98.1 Å². The van der Waals surface area contributed by atoms with Crippen molar-refractivity contribution in [2.45, 2.75) is 104 Å². The maximum absolute atomic E-state index is 11.9. The minimum Gasteiger partial charge on any atom is -0.481 e. The predicted molar refractivity (Wildman–Crippen MR) is 114 cm³/mol. The van der Waals surface area contributed by atoms with Gasteiger partial charge in [0, 0.05) is 26.4 Å². The smallest absolute Gasteiger partial charge is 0.300 e. The Labute approximate surface area is 172 Å². The second-order valence-corrected chi connectivity index (χ2v) is 7.34. The summed E-state index contributed by atoms with van der Waals surface area (Å²) in [4.78, 5) is 22.5. The van der Waals surface area contributed by atoms with E-state index >= 15 is 0 Å². The van der Waals surface area contributed by atoms with Crippen molar-refractivity contribution in [3.8, 4) is 0 Å². The summed E-state index contributed by atoms with van der Waals surface area (Å²) < 4.78 is 0. The monoisotopic (exact) mass is 403 g/mol. The SMILES string of the molecule is CC(=O)O.CCCCCCCCCCCCCCCC(=O)N(CCO)CCO. The van der Waals surface area contributed by atoms with Gasteiger partial charge in [0.25, 0.3) is 5.97 Å². The third kappa shape index (κ3) is 24.9. The van der Waals surface area contributed by atoms with Crippen LogP contribution in [0.1, 0.15) is 104 Å². The van der Waals surface area contributed by atoms with Crippen LogP contribution in [-0.4, -0.2) is 58.4 Å². The van der Waals surface area contributed by atoms with Crippen molar-refractivity contribution in [1.29, 1.82) is 0 Å². The van der Waals surface area contributed by atoms with E-state index in [0.717, 1.165) is 19.8 Å². The van der Waals surface area contributed by atoms with Gasteiger partial charge >= 0.3 is 0 Å². The third-order valence-corrected chi connectivity index (χ3v) is 4.59. The lowest BCUT2D eigenvalue weighted by Crippen LogP contribution is -2.35. The van der Waals surface area contributed by atoms with Crippen molar-refractivity contribution >= 4 is 11.9 Å². The molecule has 0 aliphatic carbocycles. The number of carbonyl (C=O) groups is 2. The molecule has 0 unspecified atom stereocenters. The Bertz CT molecular complexity index is 340. The van der Waals surface area contributed by atoms with E-state index in [4.69, 9.17) is 20.1 Å². The van der Waals surface area contributed by atoms with Crippen molar-refractivity contribution in [2.75, 3.05) is 26.3 Å². The number of aliphatic hydroxyl groups is 2. The fraction of sp³-hybridized carbons (Fsp3) is 0.909. The summed E-state index contributed by atoms with van der Waals surface area (Å²) in [6.07, 6.45) is 17.4. The number of carboxylic acids is 1. The molecular weight excluding hydrogens is 358 g/mol. The minimum absolute atomic E-state index is 0.0374. The number of aliphatic carboxylic acids is 1. The van der Waals surface area contributed by atoms with E-state index < -0.39 is 5.97 Å². The number of amides is 1. The molecule has 0 radical (unpaired) electrons. The predicted octanol–water partition coefficient (Wildman–Crippen LogP) is 4.37. The van der Waals surface area contributed by atoms with Gasteiger partial charge in [0.05, 0.1) is 13.2 Å². The van der Waals surface area contributed by atoms with Gasteiger partial charge in [0.15, 0.2) is 0 Å². The lowest BCUT2D eigenvalue weighted by atomic mass is 10.0. The molecule has 0 saturated heterocycles. The van der Waals surface area contributed by atoms with E-state index in [1.54, 1.807) is 4.90 Å². The Kier molecular flexibility index (Phi) is 24.8. The van der Waals surface area contributed by atoms with Crippen LogP contribution in [0.15, 0.2) is 0 Å². The van der Waals surface area contributed by atoms with Crippen molar-refractivity contribution < 1.29 is 24.9 Å². The zero-order valence-electron chi connectivity index (χ0n) is 18.3. The van der Waals surface area contributed by atoms with Crippen LogP contribution in [-0.2, 0) is 9.59 Å². The summed E-state index contributed by atoms with van der Waals surface area (Å²) >= 11 is 0. The number of aliphatic hydroxyl groups excluding tert-OH is 2. The minimum atomic E-state index is -0.833. The highest BCUT2D eigenvalue weighted by Crippen LogP contribution is 2.13. The van der Waals surface area contributed by atoms with Gasteiger partial charge in [0.2, 0.25) is 5.91 Å². The van der Waals surface area contributed by atoms with Gasteiger partial charge < -0.3 is 20.2 Å². The Morgan fingerprint density at radius 3 is 1.32 bits per heavy atom. The molecule has 0 aliphatic heterocycles. The second kappa shape index (κ2) is 23.9. The van der Waals surface area contributed by atoms with E-state index in [1.807, 2.05) is 0 Å². The Morgan fingerprint density at radius 2 is 1.00 bits per heavy atom. The normalized spacial score (nSPS) is 10.3. The maximum Gasteiger partial charge on any atom is 0.300 e. The highest BCUT2D eigenvalue weighted by atomic mass is 16.4. The van der Waals surface area contributed by atoms with Gasteiger partial charge in [-0.25, -0.2) is 0 Å². The molecule has 168 valence electrons. The molecular formula is C22H45NO5. The van der Waals surface area contributed by atoms with E-state index in [0.29, 0.717) is 19.5 Å². The van der Waals surface area contributed by atoms with Crippen LogP contribution >= 0.6 is 0 Å². The van der Waals surface area contributed by atoms with E-state index in [1.165, 1.54) is 70.6 Å². The van der Waals surface area contributed by atoms with Crippen LogP contribution in [0, 0.1) is 0 Å². The first-order valence-electron chi connectivity index (χ1n) is 11.2. The molecule has 0 bridgehead atoms. The van der Waals surface area contributed by atoms with E-state index in [-0.39, 0.29) is 19.1 Å². The molecule has 28 heavy (non-hydrogen) atoms. The van der Waals surface area contributed by atoms with E-state index in [2.05, 4.69) is 6.92 Å². The van der Waals surface area contributed by atoms with Crippen molar-refractivity contribution in [1.82, 2.24) is 4.90 Å². The van der Waals surface area contributed by atoms with Gasteiger partial charge in [0.1, 0.15) is 0 Å². The zero-order chi connectivity index (χ0) is 21.5. The molecule has 0 atom stereocenters. The molecule has 0 fully saturated rings. The number of unbranched alkanes of at least 4 members (excludes halogenated alkanes) is 12. The van der Waals surface area contributed by atoms with Gasteiger partial charge in [-0.15, -0.1) is 0 Å². The number of carboxylic acid groups (broad SMARTS) is 1. The molecule has 0 spiro atoms. The van der Waals surface area contributed by atoms with Crippen LogP contribution in [0.5, 0.6) is 0 Å². The van der Waals surface area contributed by atoms with Crippen LogP contribution in [0.3, 0.4) is 0 Å².